The van der Waals surface area contributed by atoms with Crippen LogP contribution in [0.1, 0.15) is 264 Å². The molecule has 0 spiro atoms. The quantitative estimate of drug-likeness (QED) is 0.0373. The normalized spacial score (nSPS) is 13.3. The van der Waals surface area contributed by atoms with Gasteiger partial charge < -0.3 is 14.6 Å². The summed E-state index contributed by atoms with van der Waals surface area (Å²) in [5, 5.41) is 9.66. The molecule has 5 nitrogen and oxygen atoms in total. The summed E-state index contributed by atoms with van der Waals surface area (Å²) in [5.74, 6) is -0.620. The van der Waals surface area contributed by atoms with Crippen molar-refractivity contribution in [1.29, 1.82) is 0 Å². The van der Waals surface area contributed by atoms with Crippen LogP contribution < -0.4 is 0 Å². The monoisotopic (exact) mass is 1030 g/mol. The number of allylic oxidation sites excluding steroid dienone is 24. The van der Waals surface area contributed by atoms with Gasteiger partial charge >= 0.3 is 11.9 Å². The number of carbonyl (C=O) groups excluding carboxylic acids is 2. The third kappa shape index (κ3) is 62.2. The summed E-state index contributed by atoms with van der Waals surface area (Å²) >= 11 is 0. The maximum absolute atomic E-state index is 12.3. The van der Waals surface area contributed by atoms with Gasteiger partial charge in [0, 0.05) is 12.8 Å². The Hall–Kier alpha value is -4.22. The van der Waals surface area contributed by atoms with Crippen LogP contribution in [0.2, 0.25) is 0 Å². The summed E-state index contributed by atoms with van der Waals surface area (Å²) < 4.78 is 10.7. The molecule has 0 heterocycles. The molecule has 75 heavy (non-hydrogen) atoms. The molecular formula is C70H114O5. The molecule has 0 aliphatic carbocycles. The average Bonchev–Trinajstić information content (AvgIpc) is 3.41. The molecule has 0 bridgehead atoms. The van der Waals surface area contributed by atoms with Crippen molar-refractivity contribution in [2.24, 2.45) is 0 Å². The summed E-state index contributed by atoms with van der Waals surface area (Å²) in [5.41, 5.74) is 0. The maximum atomic E-state index is 12.3. The van der Waals surface area contributed by atoms with Crippen LogP contribution in [-0.2, 0) is 19.1 Å². The molecule has 1 atom stereocenters. The first-order valence-electron chi connectivity index (χ1n) is 30.9. The lowest BCUT2D eigenvalue weighted by atomic mass is 10.0. The fourth-order valence-electron chi connectivity index (χ4n) is 8.30. The largest absolute Gasteiger partial charge is 0.462 e. The van der Waals surface area contributed by atoms with Crippen molar-refractivity contribution in [1.82, 2.24) is 0 Å². The van der Waals surface area contributed by atoms with Crippen molar-refractivity contribution in [3.05, 3.63) is 146 Å². The molecule has 0 aromatic rings. The fraction of sp³-hybridized carbons (Fsp3) is 0.629. The number of hydrogen-bond acceptors (Lipinski definition) is 5. The van der Waals surface area contributed by atoms with Gasteiger partial charge in [-0.1, -0.05) is 295 Å². The minimum atomic E-state index is -0.794. The minimum absolute atomic E-state index is 0.0814. The Morgan fingerprint density at radius 3 is 0.867 bits per heavy atom. The van der Waals surface area contributed by atoms with E-state index in [1.807, 2.05) is 0 Å². The van der Waals surface area contributed by atoms with Gasteiger partial charge in [-0.25, -0.2) is 0 Å². The van der Waals surface area contributed by atoms with E-state index in [1.165, 1.54) is 109 Å². The Labute approximate surface area is 463 Å². The first kappa shape index (κ1) is 70.8. The second kappa shape index (κ2) is 64.1. The molecule has 0 radical (unpaired) electrons. The molecule has 0 saturated carbocycles. The zero-order chi connectivity index (χ0) is 54.1. The average molecular weight is 1040 g/mol. The zero-order valence-electron chi connectivity index (χ0n) is 48.5. The number of aliphatic hydroxyl groups excluding tert-OH is 1. The van der Waals surface area contributed by atoms with E-state index in [0.29, 0.717) is 12.8 Å². The Morgan fingerprint density at radius 2 is 0.573 bits per heavy atom. The fourth-order valence-corrected chi connectivity index (χ4v) is 8.30. The highest BCUT2D eigenvalue weighted by atomic mass is 16.6. The van der Waals surface area contributed by atoms with E-state index in [4.69, 9.17) is 9.47 Å². The molecule has 0 aliphatic heterocycles. The van der Waals surface area contributed by atoms with Crippen LogP contribution in [0.25, 0.3) is 0 Å². The molecule has 0 aromatic heterocycles. The lowest BCUT2D eigenvalue weighted by Gasteiger charge is -2.15. The summed E-state index contributed by atoms with van der Waals surface area (Å²) in [7, 11) is 0. The summed E-state index contributed by atoms with van der Waals surface area (Å²) in [6, 6.07) is 0. The van der Waals surface area contributed by atoms with E-state index >= 15 is 0 Å². The summed E-state index contributed by atoms with van der Waals surface area (Å²) in [6.45, 7) is 4.02. The Balaban J connectivity index is 3.64. The van der Waals surface area contributed by atoms with Crippen LogP contribution in [0.15, 0.2) is 146 Å². The molecule has 0 amide bonds. The number of hydrogen-bond donors (Lipinski definition) is 1. The van der Waals surface area contributed by atoms with Crippen molar-refractivity contribution in [2.45, 2.75) is 270 Å². The third-order valence-corrected chi connectivity index (χ3v) is 12.9. The van der Waals surface area contributed by atoms with Crippen LogP contribution in [0, 0.1) is 0 Å². The van der Waals surface area contributed by atoms with Gasteiger partial charge in [-0.05, 0) is 103 Å². The van der Waals surface area contributed by atoms with Crippen molar-refractivity contribution in [3.63, 3.8) is 0 Å². The Kier molecular flexibility index (Phi) is 60.5. The topological polar surface area (TPSA) is 72.8 Å². The lowest BCUT2D eigenvalue weighted by Crippen LogP contribution is -2.28. The van der Waals surface area contributed by atoms with E-state index in [-0.39, 0.29) is 25.2 Å². The predicted octanol–water partition coefficient (Wildman–Crippen LogP) is 21.4. The lowest BCUT2D eigenvalue weighted by molar-refractivity contribution is -0.161. The Bertz CT molecular complexity index is 1590. The molecule has 0 rings (SSSR count). The number of esters is 2. The molecule has 0 aromatic carbocycles. The number of carbonyl (C=O) groups is 2. The van der Waals surface area contributed by atoms with E-state index in [9.17, 15) is 14.7 Å². The van der Waals surface area contributed by atoms with Gasteiger partial charge in [0.1, 0.15) is 6.61 Å². The Morgan fingerprint density at radius 1 is 0.320 bits per heavy atom. The van der Waals surface area contributed by atoms with Gasteiger partial charge in [0.2, 0.25) is 0 Å². The van der Waals surface area contributed by atoms with Crippen LogP contribution in [0.5, 0.6) is 0 Å². The molecule has 0 saturated heterocycles. The summed E-state index contributed by atoms with van der Waals surface area (Å²) in [6.07, 6.45) is 96.9. The third-order valence-electron chi connectivity index (χ3n) is 12.9. The van der Waals surface area contributed by atoms with Gasteiger partial charge in [0.05, 0.1) is 6.61 Å². The summed E-state index contributed by atoms with van der Waals surface area (Å²) in [4.78, 5) is 24.5. The van der Waals surface area contributed by atoms with Crippen molar-refractivity contribution in [3.8, 4) is 0 Å². The van der Waals surface area contributed by atoms with E-state index in [0.717, 1.165) is 128 Å². The van der Waals surface area contributed by atoms with Crippen molar-refractivity contribution in [2.75, 3.05) is 13.2 Å². The second-order valence-corrected chi connectivity index (χ2v) is 20.1. The van der Waals surface area contributed by atoms with Crippen LogP contribution in [0.4, 0.5) is 0 Å². The van der Waals surface area contributed by atoms with Gasteiger partial charge in [-0.15, -0.1) is 0 Å². The predicted molar refractivity (Wildman–Crippen MR) is 329 cm³/mol. The molecule has 1 unspecified atom stereocenters. The van der Waals surface area contributed by atoms with E-state index in [1.54, 1.807) is 0 Å². The first-order valence-corrected chi connectivity index (χ1v) is 30.9. The first-order chi connectivity index (χ1) is 37.1. The highest BCUT2D eigenvalue weighted by Crippen LogP contribution is 2.16. The molecule has 0 aliphatic rings. The molecule has 1 N–H and O–H groups in total. The zero-order valence-corrected chi connectivity index (χ0v) is 48.5. The molecular weight excluding hydrogens is 921 g/mol. The van der Waals surface area contributed by atoms with Crippen molar-refractivity contribution >= 4 is 11.9 Å². The maximum Gasteiger partial charge on any atom is 0.306 e. The second-order valence-electron chi connectivity index (χ2n) is 20.1. The number of ether oxygens (including phenoxy) is 2. The molecule has 5 heteroatoms. The van der Waals surface area contributed by atoms with Crippen LogP contribution in [-0.4, -0.2) is 36.4 Å². The molecule has 0 fully saturated rings. The minimum Gasteiger partial charge on any atom is -0.462 e. The van der Waals surface area contributed by atoms with Crippen LogP contribution in [0.3, 0.4) is 0 Å². The highest BCUT2D eigenvalue weighted by molar-refractivity contribution is 5.70. The molecule has 424 valence electrons. The van der Waals surface area contributed by atoms with Gasteiger partial charge in [-0.2, -0.15) is 0 Å². The van der Waals surface area contributed by atoms with Crippen molar-refractivity contribution < 1.29 is 24.2 Å². The number of unbranched alkanes of at least 4 members (excludes halogenated alkanes) is 23. The van der Waals surface area contributed by atoms with E-state index < -0.39 is 6.10 Å². The van der Waals surface area contributed by atoms with Crippen LogP contribution >= 0.6 is 0 Å². The van der Waals surface area contributed by atoms with Gasteiger partial charge in [-0.3, -0.25) is 9.59 Å². The van der Waals surface area contributed by atoms with Gasteiger partial charge in [0.25, 0.3) is 0 Å². The van der Waals surface area contributed by atoms with Gasteiger partial charge in [0.15, 0.2) is 6.10 Å². The highest BCUT2D eigenvalue weighted by Gasteiger charge is 2.16. The smallest absolute Gasteiger partial charge is 0.306 e. The van der Waals surface area contributed by atoms with E-state index in [2.05, 4.69) is 160 Å². The number of aliphatic hydroxyl groups is 1. The SMILES string of the molecule is CC/C=C\C/C=C\C/C=C\C/C=C\C/C=C\C/C=C\C/C=C\C/C=C\C/C=C\C/C=C\C/C=C\C/C=C\CCCCCCC(=O)OC(CO)COC(=O)CCCCCCCCCCCCCCCCCCCCCC. The standard InChI is InChI=1S/C70H114O5/c1-3-5-7-9-11-13-15-17-19-21-23-25-26-27-28-29-30-31-32-33-34-35-36-37-38-39-40-41-42-43-44-45-47-49-51-53-55-57-59-61-63-65-70(73)75-68(66-71)67-74-69(72)64-62-60-58-56-54-52-50-48-46-24-22-20-18-16-14-12-10-8-6-4-2/h5,7,11,13,17,19,23,25,27-28,30-31,33-34,36-37,39-40,42-43,45,47,51,53,68,71H,3-4,6,8-10,12,14-16,18,20-22,24,26,29,32,35,38,41,44,46,48-50,52,54-67H2,1-2H3/b7-5-,13-11-,19-17-,25-23-,28-27-,31-30-,34-33-,37-36-,40-39-,43-42-,47-45-,53-51-. The number of rotatable bonds is 55.